The number of carbonyl (C=O) groups excluding carboxylic acids is 2. The van der Waals surface area contributed by atoms with E-state index in [1.807, 2.05) is 19.1 Å². The third-order valence-corrected chi connectivity index (χ3v) is 6.59. The van der Waals surface area contributed by atoms with E-state index >= 15 is 0 Å². The highest BCUT2D eigenvalue weighted by molar-refractivity contribution is 6.02. The molecule has 2 aromatic rings. The minimum Gasteiger partial charge on any atom is -0.489 e. The summed E-state index contributed by atoms with van der Waals surface area (Å²) in [5.74, 6) is 0.716. The van der Waals surface area contributed by atoms with Crippen LogP contribution in [0.2, 0.25) is 0 Å². The Morgan fingerprint density at radius 2 is 2.06 bits per heavy atom. The van der Waals surface area contributed by atoms with Gasteiger partial charge in [0.1, 0.15) is 17.2 Å². The summed E-state index contributed by atoms with van der Waals surface area (Å²) in [7, 11) is 3.16. The third kappa shape index (κ3) is 7.11. The van der Waals surface area contributed by atoms with Crippen molar-refractivity contribution in [1.82, 2.24) is 20.0 Å². The first-order valence-electron chi connectivity index (χ1n) is 12.5. The molecule has 3 rings (SSSR count). The maximum absolute atomic E-state index is 12.8. The Balaban J connectivity index is 1.70. The Morgan fingerprint density at radius 1 is 1.28 bits per heavy atom. The molecule has 1 aliphatic carbocycles. The Hall–Kier alpha value is -3.30. The maximum atomic E-state index is 12.8. The molecule has 1 N–H and O–H groups in total. The summed E-state index contributed by atoms with van der Waals surface area (Å²) in [5, 5.41) is 21.0. The van der Waals surface area contributed by atoms with Crippen LogP contribution in [0.3, 0.4) is 0 Å². The number of hydrogen-bond donors (Lipinski definition) is 1. The van der Waals surface area contributed by atoms with E-state index in [0.717, 1.165) is 25.7 Å². The zero-order valence-corrected chi connectivity index (χ0v) is 21.9. The lowest BCUT2D eigenvalue weighted by Crippen LogP contribution is -2.30. The first kappa shape index (κ1) is 27.3. The largest absolute Gasteiger partial charge is 0.489 e. The fourth-order valence-electron chi connectivity index (χ4n) is 4.50. The molecule has 10 nitrogen and oxygen atoms in total. The molecule has 1 fully saturated rings. The number of hydrogen-bond acceptors (Lipinski definition) is 9. The molecule has 0 aromatic carbocycles. The molecular weight excluding hydrogens is 462 g/mol. The van der Waals surface area contributed by atoms with Crippen molar-refractivity contribution in [3.63, 3.8) is 0 Å². The zero-order chi connectivity index (χ0) is 26.2. The van der Waals surface area contributed by atoms with Gasteiger partial charge in [0, 0.05) is 13.5 Å². The molecule has 196 valence electrons. The molecule has 0 spiro atoms. The van der Waals surface area contributed by atoms with Crippen LogP contribution >= 0.6 is 0 Å². The summed E-state index contributed by atoms with van der Waals surface area (Å²) in [6, 6.07) is 3.66. The number of Topliss-reactive ketones (excluding diaryl/α,β-unsaturated/α-hetero) is 1. The van der Waals surface area contributed by atoms with Crippen LogP contribution in [-0.4, -0.2) is 55.9 Å². The number of methoxy groups -OCH3 is 1. The monoisotopic (exact) mass is 499 g/mol. The molecule has 36 heavy (non-hydrogen) atoms. The minimum atomic E-state index is -0.185. The number of oxime groups is 1. The van der Waals surface area contributed by atoms with Gasteiger partial charge in [0.2, 0.25) is 0 Å². The second-order valence-electron chi connectivity index (χ2n) is 9.91. The highest BCUT2D eigenvalue weighted by Gasteiger charge is 2.29. The number of aryl methyl sites for hydroxylation is 2. The van der Waals surface area contributed by atoms with Crippen LogP contribution in [-0.2, 0) is 27.8 Å². The van der Waals surface area contributed by atoms with Crippen molar-refractivity contribution in [1.29, 1.82) is 0 Å². The normalized spacial score (nSPS) is 18.3. The zero-order valence-electron chi connectivity index (χ0n) is 21.9. The van der Waals surface area contributed by atoms with Crippen LogP contribution in [0.15, 0.2) is 17.3 Å². The van der Waals surface area contributed by atoms with Gasteiger partial charge in [-0.2, -0.15) is 0 Å². The van der Waals surface area contributed by atoms with Gasteiger partial charge in [0.15, 0.2) is 0 Å². The fraction of sp³-hybridized carbons (Fsp3) is 0.615. The Morgan fingerprint density at radius 3 is 2.72 bits per heavy atom. The lowest BCUT2D eigenvalue weighted by atomic mass is 9.87. The molecule has 10 heteroatoms. The van der Waals surface area contributed by atoms with Gasteiger partial charge < -0.3 is 14.7 Å². The molecule has 1 saturated carbocycles. The number of rotatable bonds is 11. The molecule has 0 bridgehead atoms. The highest BCUT2D eigenvalue weighted by Crippen LogP contribution is 2.31. The number of aromatic nitrogens is 4. The van der Waals surface area contributed by atoms with E-state index in [4.69, 9.17) is 9.47 Å². The number of nitrogens with zero attached hydrogens (tertiary/aromatic N) is 5. The third-order valence-electron chi connectivity index (χ3n) is 6.59. The Labute approximate surface area is 212 Å². The van der Waals surface area contributed by atoms with Crippen molar-refractivity contribution >= 4 is 17.5 Å². The predicted octanol–water partition coefficient (Wildman–Crippen LogP) is 4.06. The van der Waals surface area contributed by atoms with Gasteiger partial charge in [-0.05, 0) is 63.5 Å². The lowest BCUT2D eigenvalue weighted by molar-refractivity contribution is -0.147. The smallest absolute Gasteiger partial charge is 0.308 e. The van der Waals surface area contributed by atoms with Gasteiger partial charge in [0.25, 0.3) is 0 Å². The van der Waals surface area contributed by atoms with E-state index in [2.05, 4.69) is 34.3 Å². The molecule has 0 saturated heterocycles. The Kier molecular flexibility index (Phi) is 9.55. The molecule has 0 radical (unpaired) electrons. The topological polar surface area (TPSA) is 129 Å². The van der Waals surface area contributed by atoms with E-state index in [1.165, 1.54) is 7.11 Å². The fourth-order valence-corrected chi connectivity index (χ4v) is 4.50. The molecular formula is C26H37N5O5. The number of esters is 1. The summed E-state index contributed by atoms with van der Waals surface area (Å²) in [6.07, 6.45) is 4.79. The van der Waals surface area contributed by atoms with Crippen LogP contribution in [0, 0.1) is 18.8 Å². The van der Waals surface area contributed by atoms with E-state index in [-0.39, 0.29) is 36.6 Å². The predicted molar refractivity (Wildman–Crippen MR) is 134 cm³/mol. The molecule has 1 aliphatic rings. The second-order valence-corrected chi connectivity index (χ2v) is 9.91. The highest BCUT2D eigenvalue weighted by atomic mass is 16.5. The van der Waals surface area contributed by atoms with Crippen molar-refractivity contribution in [2.75, 3.05) is 7.11 Å². The van der Waals surface area contributed by atoms with Crippen molar-refractivity contribution in [3.8, 4) is 17.1 Å². The number of ether oxygens (including phenoxy) is 2. The van der Waals surface area contributed by atoms with Gasteiger partial charge in [-0.3, -0.25) is 14.3 Å². The van der Waals surface area contributed by atoms with E-state index < -0.39 is 0 Å². The first-order chi connectivity index (χ1) is 17.2. The van der Waals surface area contributed by atoms with Gasteiger partial charge in [0.05, 0.1) is 48.3 Å². The van der Waals surface area contributed by atoms with E-state index in [0.29, 0.717) is 53.0 Å². The van der Waals surface area contributed by atoms with Gasteiger partial charge in [-0.1, -0.05) is 24.2 Å². The summed E-state index contributed by atoms with van der Waals surface area (Å²) in [5.41, 5.74) is 2.96. The summed E-state index contributed by atoms with van der Waals surface area (Å²) < 4.78 is 12.7. The van der Waals surface area contributed by atoms with Crippen molar-refractivity contribution in [2.45, 2.75) is 78.2 Å². The van der Waals surface area contributed by atoms with Crippen molar-refractivity contribution in [3.05, 3.63) is 23.5 Å². The number of pyridine rings is 1. The van der Waals surface area contributed by atoms with Crippen LogP contribution in [0.5, 0.6) is 5.75 Å². The average Bonchev–Trinajstić information content (AvgIpc) is 3.22. The van der Waals surface area contributed by atoms with Gasteiger partial charge in [-0.25, -0.2) is 4.98 Å². The first-order valence-corrected chi connectivity index (χ1v) is 12.5. The van der Waals surface area contributed by atoms with E-state index in [9.17, 15) is 14.8 Å². The van der Waals surface area contributed by atoms with Crippen LogP contribution in [0.4, 0.5) is 0 Å². The maximum Gasteiger partial charge on any atom is 0.308 e. The Bertz CT molecular complexity index is 1090. The minimum absolute atomic E-state index is 0.0722. The van der Waals surface area contributed by atoms with Gasteiger partial charge >= 0.3 is 5.97 Å². The van der Waals surface area contributed by atoms with Gasteiger partial charge in [-0.15, -0.1) is 5.10 Å². The quantitative estimate of drug-likeness (QED) is 0.212. The number of carbonyl (C=O) groups is 2. The van der Waals surface area contributed by atoms with Crippen LogP contribution in [0.25, 0.3) is 11.4 Å². The molecule has 2 atom stereocenters. The second kappa shape index (κ2) is 12.6. The van der Waals surface area contributed by atoms with E-state index in [1.54, 1.807) is 11.7 Å². The van der Waals surface area contributed by atoms with Crippen LogP contribution < -0.4 is 4.74 Å². The molecule has 0 amide bonds. The van der Waals surface area contributed by atoms with Crippen molar-refractivity contribution in [2.24, 2.45) is 24.0 Å². The summed E-state index contributed by atoms with van der Waals surface area (Å²) >= 11 is 0. The summed E-state index contributed by atoms with van der Waals surface area (Å²) in [6.45, 7) is 6.03. The molecule has 2 heterocycles. The number of ketones is 1. The molecule has 2 aromatic heterocycles. The van der Waals surface area contributed by atoms with Crippen LogP contribution in [0.1, 0.15) is 70.2 Å². The molecule has 0 unspecified atom stereocenters. The summed E-state index contributed by atoms with van der Waals surface area (Å²) in [4.78, 5) is 29.4. The standard InChI is InChI=1S/C26H37N5O5/c1-16(2)9-10-19(29-34)14-20(32)15-23-25(28-30-31(23)4)22-11-12-24(17(3)27-22)36-21-8-6-7-18(13-21)26(33)35-5/h11-12,16,18,21,34H,6-10,13-15H2,1-5H3/b29-19+/t18-,21-/m0/s1. The lowest BCUT2D eigenvalue weighted by Gasteiger charge is -2.28. The average molecular weight is 500 g/mol. The SMILES string of the molecule is COC(=O)[C@H]1CCC[C@H](Oc2ccc(-c3nnn(C)c3CC(=O)C/C(CCC(C)C)=N/O)nc2C)C1. The molecule has 0 aliphatic heterocycles. The van der Waals surface area contributed by atoms with Crippen molar-refractivity contribution < 1.29 is 24.3 Å².